The number of aryl methyl sites for hydroxylation is 1. The molecule has 34 heavy (non-hydrogen) atoms. The summed E-state index contributed by atoms with van der Waals surface area (Å²) in [6, 6.07) is 15.2. The maximum Gasteiger partial charge on any atom is 0.243 e. The van der Waals surface area contributed by atoms with E-state index in [1.54, 1.807) is 21.3 Å². The van der Waals surface area contributed by atoms with Crippen molar-refractivity contribution in [3.05, 3.63) is 59.7 Å². The molecule has 2 aromatic rings. The second-order valence-electron chi connectivity index (χ2n) is 9.09. The number of hydrogen-bond donors (Lipinski definition) is 0. The number of benzene rings is 2. The highest BCUT2D eigenvalue weighted by Gasteiger charge is 2.25. The number of ether oxygens (including phenoxy) is 1. The van der Waals surface area contributed by atoms with Gasteiger partial charge in [0.1, 0.15) is 0 Å². The lowest BCUT2D eigenvalue weighted by Crippen LogP contribution is -2.37. The molecule has 2 saturated heterocycles. The van der Waals surface area contributed by atoms with Crippen molar-refractivity contribution < 1.29 is 17.9 Å². The fourth-order valence-electron chi connectivity index (χ4n) is 4.63. The van der Waals surface area contributed by atoms with Crippen LogP contribution in [0.4, 0.5) is 5.69 Å². The summed E-state index contributed by atoms with van der Waals surface area (Å²) in [7, 11) is -1.59. The molecule has 1 amide bonds. The Hall–Kier alpha value is -2.42. The minimum atomic E-state index is -3.43. The molecule has 184 valence electrons. The number of anilines is 1. The quantitative estimate of drug-likeness (QED) is 0.574. The van der Waals surface area contributed by atoms with Crippen molar-refractivity contribution in [2.45, 2.75) is 43.5 Å². The van der Waals surface area contributed by atoms with Gasteiger partial charge in [0.15, 0.2) is 0 Å². The van der Waals surface area contributed by atoms with Crippen molar-refractivity contribution in [3.8, 4) is 0 Å². The first-order valence-corrected chi connectivity index (χ1v) is 13.6. The molecule has 4 rings (SSSR count). The maximum atomic E-state index is 12.8. The van der Waals surface area contributed by atoms with E-state index in [1.165, 1.54) is 0 Å². The zero-order chi connectivity index (χ0) is 24.0. The van der Waals surface area contributed by atoms with E-state index in [0.717, 1.165) is 62.4 Å². The molecule has 0 bridgehead atoms. The molecule has 2 heterocycles. The Morgan fingerprint density at radius 3 is 2.32 bits per heavy atom. The van der Waals surface area contributed by atoms with Crippen LogP contribution in [0, 0.1) is 0 Å². The molecule has 0 unspecified atom stereocenters. The van der Waals surface area contributed by atoms with Crippen LogP contribution in [0.5, 0.6) is 0 Å². The third-order valence-electron chi connectivity index (χ3n) is 6.68. The van der Waals surface area contributed by atoms with E-state index < -0.39 is 10.0 Å². The molecule has 0 aromatic heterocycles. The minimum absolute atomic E-state index is 0.0711. The number of para-hydroxylation sites is 1. The average molecular weight is 486 g/mol. The van der Waals surface area contributed by atoms with E-state index in [-0.39, 0.29) is 5.91 Å². The highest BCUT2D eigenvalue weighted by atomic mass is 32.2. The van der Waals surface area contributed by atoms with Crippen LogP contribution in [0.15, 0.2) is 53.4 Å². The number of carbonyl (C=O) groups is 1. The number of amides is 1. The Kier molecular flexibility index (Phi) is 8.24. The standard InChI is InChI=1S/C26H35N3O4S/c1-27(21-23-7-3-4-8-25(23)28-17-19-33-20-18-28)26(30)14-11-22-9-12-24(13-10-22)34(31,32)29-15-5-2-6-16-29/h3-4,7-10,12-13H,2,5-6,11,14-21H2,1H3. The van der Waals surface area contributed by atoms with Crippen LogP contribution in [0.1, 0.15) is 36.8 Å². The highest BCUT2D eigenvalue weighted by Crippen LogP contribution is 2.24. The van der Waals surface area contributed by atoms with Crippen molar-refractivity contribution in [2.24, 2.45) is 0 Å². The van der Waals surface area contributed by atoms with Crippen LogP contribution < -0.4 is 4.90 Å². The summed E-state index contributed by atoms with van der Waals surface area (Å²) in [5, 5.41) is 0. The molecule has 0 aliphatic carbocycles. The van der Waals surface area contributed by atoms with E-state index in [0.29, 0.717) is 37.4 Å². The number of nitrogens with zero attached hydrogens (tertiary/aromatic N) is 3. The van der Waals surface area contributed by atoms with Gasteiger partial charge in [-0.3, -0.25) is 4.79 Å². The number of hydrogen-bond acceptors (Lipinski definition) is 5. The number of morpholine rings is 1. The lowest BCUT2D eigenvalue weighted by atomic mass is 10.1. The second-order valence-corrected chi connectivity index (χ2v) is 11.0. The third kappa shape index (κ3) is 5.98. The predicted octanol–water partition coefficient (Wildman–Crippen LogP) is 3.29. The Morgan fingerprint density at radius 2 is 1.62 bits per heavy atom. The smallest absolute Gasteiger partial charge is 0.243 e. The van der Waals surface area contributed by atoms with E-state index in [4.69, 9.17) is 4.74 Å². The van der Waals surface area contributed by atoms with Gasteiger partial charge in [-0.1, -0.05) is 36.8 Å². The molecule has 0 N–H and O–H groups in total. The van der Waals surface area contributed by atoms with Crippen LogP contribution in [0.25, 0.3) is 0 Å². The van der Waals surface area contributed by atoms with Gasteiger partial charge in [0.25, 0.3) is 0 Å². The van der Waals surface area contributed by atoms with Gasteiger partial charge in [0.2, 0.25) is 15.9 Å². The summed E-state index contributed by atoms with van der Waals surface area (Å²) in [6.07, 6.45) is 3.90. The van der Waals surface area contributed by atoms with Gasteiger partial charge < -0.3 is 14.5 Å². The maximum absolute atomic E-state index is 12.8. The topological polar surface area (TPSA) is 70.2 Å². The molecule has 2 fully saturated rings. The Labute approximate surface area is 203 Å². The van der Waals surface area contributed by atoms with Crippen LogP contribution in [0.3, 0.4) is 0 Å². The zero-order valence-electron chi connectivity index (χ0n) is 20.0. The van der Waals surface area contributed by atoms with Gasteiger partial charge in [0, 0.05) is 51.9 Å². The van der Waals surface area contributed by atoms with Gasteiger partial charge in [-0.05, 0) is 48.6 Å². The van der Waals surface area contributed by atoms with Crippen LogP contribution >= 0.6 is 0 Å². The molecule has 8 heteroatoms. The normalized spacial score (nSPS) is 17.5. The molecular weight excluding hydrogens is 450 g/mol. The Balaban J connectivity index is 1.32. The monoisotopic (exact) mass is 485 g/mol. The van der Waals surface area contributed by atoms with Crippen molar-refractivity contribution in [1.29, 1.82) is 0 Å². The van der Waals surface area contributed by atoms with Crippen molar-refractivity contribution >= 4 is 21.6 Å². The summed E-state index contributed by atoms with van der Waals surface area (Å²) in [5.41, 5.74) is 3.26. The molecule has 0 spiro atoms. The largest absolute Gasteiger partial charge is 0.378 e. The molecular formula is C26H35N3O4S. The van der Waals surface area contributed by atoms with Gasteiger partial charge in [-0.2, -0.15) is 4.31 Å². The van der Waals surface area contributed by atoms with E-state index >= 15 is 0 Å². The first kappa shape index (κ1) is 24.7. The first-order valence-electron chi connectivity index (χ1n) is 12.2. The fourth-order valence-corrected chi connectivity index (χ4v) is 6.14. The predicted molar refractivity (Wildman–Crippen MR) is 133 cm³/mol. The van der Waals surface area contributed by atoms with Gasteiger partial charge in [0.05, 0.1) is 18.1 Å². The summed E-state index contributed by atoms with van der Waals surface area (Å²) >= 11 is 0. The summed E-state index contributed by atoms with van der Waals surface area (Å²) in [4.78, 5) is 17.3. The SMILES string of the molecule is CN(Cc1ccccc1N1CCOCC1)C(=O)CCc1ccc(S(=O)(=O)N2CCCCC2)cc1. The molecule has 2 aliphatic heterocycles. The highest BCUT2D eigenvalue weighted by molar-refractivity contribution is 7.89. The summed E-state index contributed by atoms with van der Waals surface area (Å²) < 4.78 is 32.7. The number of piperidine rings is 1. The average Bonchev–Trinajstić information content (AvgIpc) is 2.89. The fraction of sp³-hybridized carbons (Fsp3) is 0.500. The van der Waals surface area contributed by atoms with Crippen molar-refractivity contribution in [1.82, 2.24) is 9.21 Å². The molecule has 0 radical (unpaired) electrons. The van der Waals surface area contributed by atoms with Crippen LogP contribution in [-0.2, 0) is 32.5 Å². The summed E-state index contributed by atoms with van der Waals surface area (Å²) in [5.74, 6) is 0.0711. The second kappa shape index (κ2) is 11.3. The minimum Gasteiger partial charge on any atom is -0.378 e. The van der Waals surface area contributed by atoms with Gasteiger partial charge in [-0.15, -0.1) is 0 Å². The van der Waals surface area contributed by atoms with Crippen molar-refractivity contribution in [3.63, 3.8) is 0 Å². The zero-order valence-corrected chi connectivity index (χ0v) is 20.8. The van der Waals surface area contributed by atoms with E-state index in [1.807, 2.05) is 31.3 Å². The summed E-state index contributed by atoms with van der Waals surface area (Å²) in [6.45, 7) is 4.91. The van der Waals surface area contributed by atoms with Crippen LogP contribution in [0.2, 0.25) is 0 Å². The number of rotatable bonds is 8. The molecule has 2 aliphatic rings. The number of carbonyl (C=O) groups excluding carboxylic acids is 1. The first-order chi connectivity index (χ1) is 16.4. The van der Waals surface area contributed by atoms with Crippen LogP contribution in [-0.4, -0.2) is 70.0 Å². The number of sulfonamides is 1. The Morgan fingerprint density at radius 1 is 0.941 bits per heavy atom. The molecule has 2 aromatic carbocycles. The van der Waals surface area contributed by atoms with Crippen molar-refractivity contribution in [2.75, 3.05) is 51.3 Å². The molecule has 7 nitrogen and oxygen atoms in total. The van der Waals surface area contributed by atoms with E-state index in [9.17, 15) is 13.2 Å². The lowest BCUT2D eigenvalue weighted by Gasteiger charge is -2.31. The Bertz CT molecular complexity index is 1060. The molecule has 0 atom stereocenters. The van der Waals surface area contributed by atoms with Gasteiger partial charge in [-0.25, -0.2) is 8.42 Å². The van der Waals surface area contributed by atoms with Gasteiger partial charge >= 0.3 is 0 Å². The lowest BCUT2D eigenvalue weighted by molar-refractivity contribution is -0.130. The molecule has 0 saturated carbocycles. The van der Waals surface area contributed by atoms with E-state index in [2.05, 4.69) is 17.0 Å². The third-order valence-corrected chi connectivity index (χ3v) is 8.59.